The molecule has 624 valence electrons. The van der Waals surface area contributed by atoms with Gasteiger partial charge in [-0.15, -0.1) is 26.9 Å². The maximum absolute atomic E-state index is 12.9. The van der Waals surface area contributed by atoms with Crippen LogP contribution in [0.4, 0.5) is 0 Å². The average molecular weight is 1700 g/mol. The van der Waals surface area contributed by atoms with E-state index in [4.69, 9.17) is 28.5 Å². The van der Waals surface area contributed by atoms with Crippen molar-refractivity contribution in [1.82, 2.24) is 5.06 Å². The molecule has 2 amide bonds. The topological polar surface area (TPSA) is 205 Å². The lowest BCUT2D eigenvalue weighted by molar-refractivity contribution is -0.155. The molecule has 0 radical (unpaired) electrons. The van der Waals surface area contributed by atoms with Crippen LogP contribution in [0.15, 0.2) is 97.1 Å². The quantitative estimate of drug-likeness (QED) is 0.0281. The summed E-state index contributed by atoms with van der Waals surface area (Å²) in [5.74, 6) is 7.36. The standard InChI is InChI=1S/C30H33NO5.C23H32O3.C22H30O3.C20H28O3.C3H9ISi/c1-17-8-9-20-21-12-13-30(3)26(10-11-27(30)36-18(2)32)25(21)15-19(24(20)14-17)16-35-31-28(33)22-6-4-5-7-23(22)29(31)34;1-14-5-6-17-18-9-10-23(3)21(7-8-22(23)26-15(2)24)20(18)12-16(13-25-4)19(17)11-14;1-13-4-5-16-17-8-9-22(3)20(6-7-21(22)25-14(2)24)19(17)11-15(12-23)18(16)10-13;1-20-8-7-15-14-4-3-13(21)10-16(14)12(11-23-2)9-17(15)18(20)5-6-19(20)22;1-5(2,3)4/h4-9,14,19,21,25-27H,10-13,15-16H2,1-3H3;5-6,11,16,18,20-22H,7-10,12-13H2,1-4H3;4-5,10,15,17,19-21,23H,6-9,11-12H2,1-3H3;3-4,10,12,15,17-19,21-22H,5-9,11H2,1-2H3;1-3H3/t19-,21+,25+,26-,27?,30-;16-,18+,20+,21-,22?,23-;15-,17+,19+,20-,21?,22-;12-,15+,17+,18-,19?,20-;/m0000./s1. The predicted octanol–water partition coefficient (Wildman–Crippen LogP) is 20.9. The summed E-state index contributed by atoms with van der Waals surface area (Å²) in [4.78, 5) is 66.7. The molecule has 3 N–H and O–H groups in total. The summed E-state index contributed by atoms with van der Waals surface area (Å²) in [5.41, 5.74) is 15.6. The summed E-state index contributed by atoms with van der Waals surface area (Å²) in [6.07, 6.45) is 21.9. The molecule has 17 heteroatoms. The summed E-state index contributed by atoms with van der Waals surface area (Å²) >= 11 is 2.52. The molecule has 1 heterocycles. The minimum atomic E-state index is -0.641. The maximum atomic E-state index is 12.9. The van der Waals surface area contributed by atoms with E-state index in [1.165, 1.54) is 102 Å². The van der Waals surface area contributed by atoms with Gasteiger partial charge < -0.3 is 39.0 Å². The number of imide groups is 1. The zero-order valence-corrected chi connectivity index (χ0v) is 74.6. The van der Waals surface area contributed by atoms with E-state index < -0.39 is 5.57 Å². The van der Waals surface area contributed by atoms with E-state index in [0.717, 1.165) is 108 Å². The number of amides is 2. The van der Waals surface area contributed by atoms with E-state index in [1.54, 1.807) is 43.9 Å². The molecule has 0 spiro atoms. The highest BCUT2D eigenvalue weighted by Gasteiger charge is 2.61. The highest BCUT2D eigenvalue weighted by molar-refractivity contribution is 14.1. The summed E-state index contributed by atoms with van der Waals surface area (Å²) in [5, 5.41) is 31.4. The van der Waals surface area contributed by atoms with Gasteiger partial charge in [0.2, 0.25) is 0 Å². The highest BCUT2D eigenvalue weighted by Crippen LogP contribution is 2.68. The monoisotopic (exact) mass is 1700 g/mol. The SMILES string of the molecule is CC(=O)OC1CC[C@H]2[C@@H]3C[C@@H](CO)c4cc(C)ccc4[C@H]3CC[C@]12C.CC(=O)OC1CC[C@H]2[C@@H]3C[C@@H](CON4C(=O)c5ccccc5C4=O)c4cc(C)ccc4[C@H]3CC[C@]12C.COC[C@@H]1C[C@@H]2[C@H](CC[C@]3(C)C(O)CC[C@@H]23)c2ccc(O)cc21.COC[C@@H]1C[C@@H]2[C@H](CC[C@]3(C)C(OC(C)=O)CC[C@@H]23)c2ccc(C)cc21.C[Si](C)(C)I. The van der Waals surface area contributed by atoms with E-state index in [-0.39, 0.29) is 101 Å². The molecule has 0 saturated heterocycles. The Bertz CT molecular complexity index is 4360. The van der Waals surface area contributed by atoms with Crippen molar-refractivity contribution in [3.05, 3.63) is 169 Å². The van der Waals surface area contributed by atoms with Crippen LogP contribution in [0.5, 0.6) is 5.75 Å². The van der Waals surface area contributed by atoms with Gasteiger partial charge in [0.25, 0.3) is 11.8 Å². The number of benzene rings is 5. The van der Waals surface area contributed by atoms with Crippen LogP contribution in [0.3, 0.4) is 0 Å². The number of ether oxygens (including phenoxy) is 5. The number of esters is 3. The maximum Gasteiger partial charge on any atom is 0.302 e. The smallest absolute Gasteiger partial charge is 0.302 e. The molecule has 0 bridgehead atoms. The summed E-state index contributed by atoms with van der Waals surface area (Å²) in [7, 11) is 3.58. The number of hydrogen-bond acceptors (Lipinski definition) is 14. The van der Waals surface area contributed by atoms with Crippen LogP contribution in [0, 0.1) is 89.8 Å². The second-order valence-electron chi connectivity index (χ2n) is 39.7. The molecular formula is C98H132INO14Si. The fourth-order valence-electron chi connectivity index (χ4n) is 26.7. The first-order valence-electron chi connectivity index (χ1n) is 43.9. The van der Waals surface area contributed by atoms with Crippen molar-refractivity contribution in [2.75, 3.05) is 40.6 Å². The van der Waals surface area contributed by atoms with E-state index in [1.807, 2.05) is 19.2 Å². The first-order valence-corrected chi connectivity index (χ1v) is 50.5. The van der Waals surface area contributed by atoms with Gasteiger partial charge in [-0.2, -0.15) is 0 Å². The Morgan fingerprint density at radius 3 is 1.11 bits per heavy atom. The number of phenolic OH excluding ortho intramolecular Hbond substituents is 1. The van der Waals surface area contributed by atoms with Gasteiger partial charge in [0, 0.05) is 81.5 Å². The molecule has 12 aliphatic carbocycles. The van der Waals surface area contributed by atoms with Crippen LogP contribution in [0.25, 0.3) is 0 Å². The van der Waals surface area contributed by atoms with Crippen molar-refractivity contribution >= 4 is 57.1 Å². The van der Waals surface area contributed by atoms with Crippen LogP contribution in [-0.4, -0.2) is 121 Å². The number of aromatic hydroxyl groups is 1. The summed E-state index contributed by atoms with van der Waals surface area (Å²) in [6.45, 7) is 29.3. The third kappa shape index (κ3) is 16.7. The van der Waals surface area contributed by atoms with Gasteiger partial charge in [-0.05, 0) is 294 Å². The predicted molar refractivity (Wildman–Crippen MR) is 460 cm³/mol. The first-order chi connectivity index (χ1) is 54.7. The number of nitrogens with zero attached hydrogens (tertiary/aromatic N) is 1. The second kappa shape index (κ2) is 34.4. The fraction of sp³-hybridized carbons (Fsp3) is 0.643. The third-order valence-electron chi connectivity index (χ3n) is 31.9. The molecule has 13 aliphatic rings. The minimum absolute atomic E-state index is 0.0109. The van der Waals surface area contributed by atoms with E-state index in [2.05, 4.69) is 151 Å². The van der Waals surface area contributed by atoms with Crippen molar-refractivity contribution in [2.45, 2.75) is 289 Å². The van der Waals surface area contributed by atoms with Gasteiger partial charge in [0.15, 0.2) is 0 Å². The van der Waals surface area contributed by atoms with Gasteiger partial charge in [0.05, 0.1) is 37.1 Å². The van der Waals surface area contributed by atoms with Gasteiger partial charge in [-0.1, -0.05) is 137 Å². The average Bonchev–Trinajstić information content (AvgIpc) is 1.62. The number of phenols is 1. The van der Waals surface area contributed by atoms with Crippen LogP contribution < -0.4 is 0 Å². The van der Waals surface area contributed by atoms with E-state index in [9.17, 15) is 39.3 Å². The van der Waals surface area contributed by atoms with Gasteiger partial charge in [-0.3, -0.25) is 28.8 Å². The van der Waals surface area contributed by atoms with E-state index >= 15 is 0 Å². The summed E-state index contributed by atoms with van der Waals surface area (Å²) in [6, 6.07) is 33.4. The number of hydrogen-bond donors (Lipinski definition) is 3. The van der Waals surface area contributed by atoms with Gasteiger partial charge >= 0.3 is 17.9 Å². The Morgan fingerprint density at radius 2 is 0.757 bits per heavy atom. The lowest BCUT2D eigenvalue weighted by Crippen LogP contribution is -2.46. The van der Waals surface area contributed by atoms with E-state index in [0.29, 0.717) is 106 Å². The molecule has 18 rings (SSSR count). The normalized spacial score (nSPS) is 36.3. The molecule has 1 aliphatic heterocycles. The van der Waals surface area contributed by atoms with Crippen LogP contribution in [-0.2, 0) is 42.9 Å². The number of carbonyl (C=O) groups is 5. The third-order valence-corrected chi connectivity index (χ3v) is 31.9. The number of aliphatic hydroxyl groups excluding tert-OH is 2. The highest BCUT2D eigenvalue weighted by atomic mass is 127. The van der Waals surface area contributed by atoms with Crippen molar-refractivity contribution in [3.8, 4) is 5.75 Å². The second-order valence-corrected chi connectivity index (χ2v) is 53.5. The van der Waals surface area contributed by atoms with Crippen LogP contribution >= 0.6 is 21.8 Å². The Hall–Kier alpha value is -5.80. The minimum Gasteiger partial charge on any atom is -0.508 e. The molecule has 5 aromatic carbocycles. The van der Waals surface area contributed by atoms with Gasteiger partial charge in [0.1, 0.15) is 29.6 Å². The van der Waals surface area contributed by atoms with Crippen molar-refractivity contribution < 1.29 is 67.8 Å². The lowest BCUT2D eigenvalue weighted by atomic mass is 9.54. The Morgan fingerprint density at radius 1 is 0.443 bits per heavy atom. The zero-order chi connectivity index (χ0) is 82.1. The Balaban J connectivity index is 0.000000126. The fourth-order valence-corrected chi connectivity index (χ4v) is 26.7. The largest absolute Gasteiger partial charge is 0.508 e. The molecule has 24 atom stereocenters. The lowest BCUT2D eigenvalue weighted by Gasteiger charge is -2.51. The molecular weight excluding hydrogens is 1570 g/mol. The number of halogens is 1. The molecule has 5 aromatic rings. The molecule has 15 nitrogen and oxygen atoms in total. The molecule has 0 aromatic heterocycles. The number of aliphatic hydroxyl groups is 2. The number of methoxy groups -OCH3 is 2. The molecule has 8 fully saturated rings. The molecule has 4 unspecified atom stereocenters. The number of rotatable bonds is 11. The van der Waals surface area contributed by atoms with Crippen LogP contribution in [0.1, 0.15) is 306 Å². The Labute approximate surface area is 699 Å². The molecule has 8 saturated carbocycles. The molecule has 115 heavy (non-hydrogen) atoms. The number of aryl methyl sites for hydroxylation is 3. The van der Waals surface area contributed by atoms with Crippen molar-refractivity contribution in [1.29, 1.82) is 0 Å². The van der Waals surface area contributed by atoms with Gasteiger partial charge in [-0.25, -0.2) is 0 Å². The van der Waals surface area contributed by atoms with Crippen molar-refractivity contribution in [3.63, 3.8) is 0 Å². The number of fused-ring (bicyclic) bond motifs is 21. The zero-order valence-electron chi connectivity index (χ0n) is 71.4. The van der Waals surface area contributed by atoms with Crippen LogP contribution in [0.2, 0.25) is 19.6 Å². The number of hydroxylamine groups is 2. The number of carbonyl (C=O) groups excluding carboxylic acids is 5. The Kier molecular flexibility index (Phi) is 25.6. The van der Waals surface area contributed by atoms with Crippen molar-refractivity contribution in [2.24, 2.45) is 69.0 Å². The first kappa shape index (κ1) is 85.6. The summed E-state index contributed by atoms with van der Waals surface area (Å²) < 4.78 is 28.4.